The molecule has 0 atom stereocenters. The van der Waals surface area contributed by atoms with E-state index in [4.69, 9.17) is 4.74 Å². The molecule has 130 valence electrons. The summed E-state index contributed by atoms with van der Waals surface area (Å²) in [7, 11) is -1.95. The van der Waals surface area contributed by atoms with E-state index < -0.39 is 10.1 Å². The zero-order valence-corrected chi connectivity index (χ0v) is 14.7. The number of methoxy groups -OCH3 is 1. The third-order valence-corrected chi connectivity index (χ3v) is 3.89. The van der Waals surface area contributed by atoms with Crippen LogP contribution in [0.5, 0.6) is 5.75 Å². The second-order valence-electron chi connectivity index (χ2n) is 5.39. The maximum absolute atomic E-state index is 12.5. The molecule has 0 aliphatic rings. The fraction of sp³-hybridized carbons (Fsp3) is 0.375. The molecule has 0 N–H and O–H groups in total. The van der Waals surface area contributed by atoms with Crippen molar-refractivity contribution in [2.24, 2.45) is 0 Å². The third-order valence-electron chi connectivity index (χ3n) is 3.30. The van der Waals surface area contributed by atoms with Gasteiger partial charge in [-0.15, -0.1) is 0 Å². The largest absolute Gasteiger partial charge is 0.497 e. The molecule has 7 nitrogen and oxygen atoms in total. The zero-order valence-electron chi connectivity index (χ0n) is 13.9. The van der Waals surface area contributed by atoms with Crippen molar-refractivity contribution < 1.29 is 17.3 Å². The molecule has 0 aliphatic heterocycles. The summed E-state index contributed by atoms with van der Waals surface area (Å²) in [6.07, 6.45) is 1.40. The number of benzene rings is 1. The van der Waals surface area contributed by atoms with E-state index in [-0.39, 0.29) is 18.7 Å². The molecule has 1 heterocycles. The summed E-state index contributed by atoms with van der Waals surface area (Å²) in [5, 5.41) is 4.13. The minimum Gasteiger partial charge on any atom is -0.497 e. The van der Waals surface area contributed by atoms with Crippen molar-refractivity contribution in [1.29, 1.82) is 0 Å². The van der Waals surface area contributed by atoms with Crippen molar-refractivity contribution >= 4 is 10.1 Å². The summed E-state index contributed by atoms with van der Waals surface area (Å²) in [5.74, 6) is 0.722. The first-order valence-corrected chi connectivity index (χ1v) is 9.15. The van der Waals surface area contributed by atoms with Crippen LogP contribution in [-0.4, -0.2) is 38.2 Å². The van der Waals surface area contributed by atoms with Crippen LogP contribution in [0.4, 0.5) is 0 Å². The monoisotopic (exact) mass is 352 g/mol. The van der Waals surface area contributed by atoms with Crippen LogP contribution in [0.1, 0.15) is 16.8 Å². The Morgan fingerprint density at radius 3 is 2.67 bits per heavy atom. The summed E-state index contributed by atoms with van der Waals surface area (Å²) >= 11 is 0. The van der Waals surface area contributed by atoms with Gasteiger partial charge in [0.15, 0.2) is 0 Å². The maximum atomic E-state index is 12.5. The minimum atomic E-state index is -3.54. The molecule has 8 heteroatoms. The van der Waals surface area contributed by atoms with Gasteiger partial charge >= 0.3 is 0 Å². The Hall–Kier alpha value is -2.19. The van der Waals surface area contributed by atoms with E-state index >= 15 is 0 Å². The van der Waals surface area contributed by atoms with Crippen molar-refractivity contribution in [1.82, 2.24) is 9.78 Å². The van der Waals surface area contributed by atoms with Gasteiger partial charge in [0.05, 0.1) is 32.2 Å². The van der Waals surface area contributed by atoms with Gasteiger partial charge in [0.25, 0.3) is 15.7 Å². The number of aromatic nitrogens is 2. The number of hydrogen-bond donors (Lipinski definition) is 0. The van der Waals surface area contributed by atoms with E-state index in [1.165, 1.54) is 4.68 Å². The lowest BCUT2D eigenvalue weighted by Crippen LogP contribution is -2.29. The number of ether oxygens (including phenoxy) is 1. The predicted octanol–water partition coefficient (Wildman–Crippen LogP) is 1.13. The van der Waals surface area contributed by atoms with Gasteiger partial charge in [0.2, 0.25) is 0 Å². The Morgan fingerprint density at radius 2 is 2.00 bits per heavy atom. The smallest absolute Gasteiger partial charge is 0.270 e. The predicted molar refractivity (Wildman–Crippen MR) is 89.8 cm³/mol. The Labute approximate surface area is 141 Å². The molecular formula is C16H20N2O5S. The highest BCUT2D eigenvalue weighted by molar-refractivity contribution is 7.85. The van der Waals surface area contributed by atoms with E-state index in [0.29, 0.717) is 17.7 Å². The molecule has 0 spiro atoms. The fourth-order valence-electron chi connectivity index (χ4n) is 2.30. The molecule has 0 bridgehead atoms. The molecule has 1 aromatic heterocycles. The van der Waals surface area contributed by atoms with Crippen molar-refractivity contribution in [2.75, 3.05) is 20.0 Å². The van der Waals surface area contributed by atoms with Gasteiger partial charge < -0.3 is 4.74 Å². The van der Waals surface area contributed by atoms with Crippen molar-refractivity contribution in [3.63, 3.8) is 0 Å². The fourth-order valence-corrected chi connectivity index (χ4v) is 2.68. The van der Waals surface area contributed by atoms with E-state index in [0.717, 1.165) is 17.6 Å². The van der Waals surface area contributed by atoms with E-state index in [1.54, 1.807) is 20.1 Å². The maximum Gasteiger partial charge on any atom is 0.270 e. The standard InChI is InChI=1S/C16H20N2O5S/c1-12-9-14(10-13-5-4-6-15(11-13)22-2)16(19)18(17-12)7-8-23-24(3,20)21/h4-6,9,11H,7-8,10H2,1-3H3. The average Bonchev–Trinajstić information content (AvgIpc) is 2.50. The molecule has 0 fully saturated rings. The first-order valence-electron chi connectivity index (χ1n) is 7.33. The normalized spacial score (nSPS) is 11.5. The molecule has 2 aromatic rings. The molecule has 0 radical (unpaired) electrons. The van der Waals surface area contributed by atoms with Crippen molar-refractivity contribution in [2.45, 2.75) is 19.9 Å². The van der Waals surface area contributed by atoms with Crippen molar-refractivity contribution in [3.8, 4) is 5.75 Å². The topological polar surface area (TPSA) is 87.5 Å². The van der Waals surface area contributed by atoms with Crippen LogP contribution in [-0.2, 0) is 27.3 Å². The van der Waals surface area contributed by atoms with Gasteiger partial charge in [0, 0.05) is 12.0 Å². The molecule has 0 saturated heterocycles. The van der Waals surface area contributed by atoms with E-state index in [2.05, 4.69) is 9.28 Å². The van der Waals surface area contributed by atoms with Crippen molar-refractivity contribution in [3.05, 3.63) is 57.5 Å². The Balaban J connectivity index is 2.22. The molecule has 2 rings (SSSR count). The summed E-state index contributed by atoms with van der Waals surface area (Å²) in [6.45, 7) is 1.72. The van der Waals surface area contributed by atoms with Gasteiger partial charge in [-0.05, 0) is 30.7 Å². The number of nitrogens with zero attached hydrogens (tertiary/aromatic N) is 2. The van der Waals surface area contributed by atoms with Crippen LogP contribution in [0.25, 0.3) is 0 Å². The summed E-state index contributed by atoms with van der Waals surface area (Å²) in [6, 6.07) is 9.21. The first-order chi connectivity index (χ1) is 11.3. The molecule has 0 unspecified atom stereocenters. The quantitative estimate of drug-likeness (QED) is 0.694. The molecule has 1 aromatic carbocycles. The van der Waals surface area contributed by atoms with Gasteiger partial charge in [-0.25, -0.2) is 4.68 Å². The second-order valence-corrected chi connectivity index (χ2v) is 7.04. The van der Waals surface area contributed by atoms with Crippen LogP contribution in [0.2, 0.25) is 0 Å². The summed E-state index contributed by atoms with van der Waals surface area (Å²) in [4.78, 5) is 12.5. The lowest BCUT2D eigenvalue weighted by molar-refractivity contribution is 0.293. The molecular weight excluding hydrogens is 332 g/mol. The lowest BCUT2D eigenvalue weighted by Gasteiger charge is -2.09. The van der Waals surface area contributed by atoms with Gasteiger partial charge in [0.1, 0.15) is 5.75 Å². The van der Waals surface area contributed by atoms with Crippen LogP contribution < -0.4 is 10.3 Å². The van der Waals surface area contributed by atoms with Crippen LogP contribution in [0.3, 0.4) is 0 Å². The Kier molecular flexibility index (Phi) is 5.74. The Bertz CT molecular complexity index is 874. The van der Waals surface area contributed by atoms with E-state index in [1.807, 2.05) is 24.3 Å². The lowest BCUT2D eigenvalue weighted by atomic mass is 10.1. The highest BCUT2D eigenvalue weighted by Gasteiger charge is 2.09. The van der Waals surface area contributed by atoms with Crippen LogP contribution >= 0.6 is 0 Å². The average molecular weight is 352 g/mol. The van der Waals surface area contributed by atoms with E-state index in [9.17, 15) is 13.2 Å². The highest BCUT2D eigenvalue weighted by Crippen LogP contribution is 2.15. The van der Waals surface area contributed by atoms with Gasteiger partial charge in [-0.2, -0.15) is 13.5 Å². The number of rotatable bonds is 7. The summed E-state index contributed by atoms with van der Waals surface area (Å²) in [5.41, 5.74) is 1.93. The first kappa shape index (κ1) is 18.2. The highest BCUT2D eigenvalue weighted by atomic mass is 32.2. The number of aryl methyl sites for hydroxylation is 1. The molecule has 24 heavy (non-hydrogen) atoms. The van der Waals surface area contributed by atoms with Crippen LogP contribution in [0, 0.1) is 6.92 Å². The minimum absolute atomic E-state index is 0.0681. The molecule has 0 aliphatic carbocycles. The SMILES string of the molecule is COc1cccc(Cc2cc(C)nn(CCOS(C)(=O)=O)c2=O)c1. The third kappa shape index (κ3) is 5.17. The molecule has 0 saturated carbocycles. The number of hydrogen-bond acceptors (Lipinski definition) is 6. The molecule has 0 amide bonds. The summed E-state index contributed by atoms with van der Waals surface area (Å²) < 4.78 is 33.1. The van der Waals surface area contributed by atoms with Crippen LogP contribution in [0.15, 0.2) is 35.1 Å². The second kappa shape index (κ2) is 7.59. The zero-order chi connectivity index (χ0) is 17.7. The van der Waals surface area contributed by atoms with Gasteiger partial charge in [-0.3, -0.25) is 8.98 Å². The Morgan fingerprint density at radius 1 is 1.25 bits per heavy atom. The van der Waals surface area contributed by atoms with Gasteiger partial charge in [-0.1, -0.05) is 12.1 Å².